The molecule has 0 heterocycles. The minimum atomic E-state index is 0.142. The summed E-state index contributed by atoms with van der Waals surface area (Å²) in [7, 11) is 0. The SMILES string of the molecule is Oc1ccc2cc(Br)c(O)c(Br)c2c1. The van der Waals surface area contributed by atoms with Crippen LogP contribution in [0.1, 0.15) is 0 Å². The van der Waals surface area contributed by atoms with Gasteiger partial charge < -0.3 is 10.2 Å². The first-order valence-electron chi connectivity index (χ1n) is 3.89. The predicted octanol–water partition coefficient (Wildman–Crippen LogP) is 3.78. The Morgan fingerprint density at radius 2 is 1.71 bits per heavy atom. The minimum Gasteiger partial charge on any atom is -0.508 e. The highest BCUT2D eigenvalue weighted by atomic mass is 79.9. The van der Waals surface area contributed by atoms with E-state index in [9.17, 15) is 10.2 Å². The van der Waals surface area contributed by atoms with Crippen LogP contribution >= 0.6 is 31.9 Å². The molecule has 0 radical (unpaired) electrons. The van der Waals surface area contributed by atoms with Crippen LogP contribution in [0.5, 0.6) is 11.5 Å². The number of hydrogen-bond acceptors (Lipinski definition) is 2. The summed E-state index contributed by atoms with van der Waals surface area (Å²) in [6.45, 7) is 0. The van der Waals surface area contributed by atoms with Gasteiger partial charge >= 0.3 is 0 Å². The van der Waals surface area contributed by atoms with Crippen molar-refractivity contribution in [2.45, 2.75) is 0 Å². The zero-order chi connectivity index (χ0) is 10.3. The molecule has 0 amide bonds. The zero-order valence-electron chi connectivity index (χ0n) is 6.96. The van der Waals surface area contributed by atoms with Gasteiger partial charge in [0.25, 0.3) is 0 Å². The van der Waals surface area contributed by atoms with E-state index < -0.39 is 0 Å². The maximum Gasteiger partial charge on any atom is 0.144 e. The van der Waals surface area contributed by atoms with Gasteiger partial charge in [0.05, 0.1) is 8.95 Å². The summed E-state index contributed by atoms with van der Waals surface area (Å²) >= 11 is 6.52. The van der Waals surface area contributed by atoms with Crippen molar-refractivity contribution in [3.05, 3.63) is 33.2 Å². The maximum atomic E-state index is 9.62. The van der Waals surface area contributed by atoms with E-state index in [1.54, 1.807) is 24.3 Å². The first-order chi connectivity index (χ1) is 6.59. The monoisotopic (exact) mass is 316 g/mol. The van der Waals surface area contributed by atoms with Gasteiger partial charge in [0.15, 0.2) is 0 Å². The van der Waals surface area contributed by atoms with Crippen LogP contribution in [0.15, 0.2) is 33.2 Å². The number of halogens is 2. The molecule has 0 saturated heterocycles. The molecule has 0 aliphatic heterocycles. The molecule has 0 aromatic heterocycles. The molecular formula is C10H6Br2O2. The molecule has 2 aromatic carbocycles. The molecule has 2 aromatic rings. The Kier molecular flexibility index (Phi) is 2.41. The van der Waals surface area contributed by atoms with E-state index in [4.69, 9.17) is 0 Å². The van der Waals surface area contributed by atoms with Gasteiger partial charge in [0, 0.05) is 5.39 Å². The normalized spacial score (nSPS) is 10.7. The van der Waals surface area contributed by atoms with E-state index in [-0.39, 0.29) is 11.5 Å². The van der Waals surface area contributed by atoms with Gasteiger partial charge in [-0.05, 0) is 55.4 Å². The maximum absolute atomic E-state index is 9.62. The Morgan fingerprint density at radius 3 is 2.43 bits per heavy atom. The fourth-order valence-corrected chi connectivity index (χ4v) is 2.57. The van der Waals surface area contributed by atoms with Crippen LogP contribution in [0.25, 0.3) is 10.8 Å². The molecule has 0 unspecified atom stereocenters. The zero-order valence-corrected chi connectivity index (χ0v) is 10.1. The quantitative estimate of drug-likeness (QED) is 0.776. The molecule has 0 bridgehead atoms. The summed E-state index contributed by atoms with van der Waals surface area (Å²) in [6, 6.07) is 6.80. The molecule has 2 rings (SSSR count). The Balaban J connectivity index is 2.92. The molecule has 4 heteroatoms. The number of phenolic OH excluding ortho intramolecular Hbond substituents is 2. The van der Waals surface area contributed by atoms with Crippen molar-refractivity contribution in [3.8, 4) is 11.5 Å². The molecule has 2 N–H and O–H groups in total. The van der Waals surface area contributed by atoms with Crippen LogP contribution in [0, 0.1) is 0 Å². The van der Waals surface area contributed by atoms with E-state index in [1.165, 1.54) is 0 Å². The lowest BCUT2D eigenvalue weighted by Gasteiger charge is -2.05. The molecule has 2 nitrogen and oxygen atoms in total. The lowest BCUT2D eigenvalue weighted by atomic mass is 10.1. The van der Waals surface area contributed by atoms with E-state index in [0.29, 0.717) is 8.95 Å². The number of hydrogen-bond donors (Lipinski definition) is 2. The predicted molar refractivity (Wildman–Crippen MR) is 62.7 cm³/mol. The lowest BCUT2D eigenvalue weighted by Crippen LogP contribution is -1.78. The second-order valence-corrected chi connectivity index (χ2v) is 4.57. The molecule has 0 aliphatic carbocycles. The van der Waals surface area contributed by atoms with Crippen LogP contribution in [0.4, 0.5) is 0 Å². The minimum absolute atomic E-state index is 0.142. The van der Waals surface area contributed by atoms with E-state index in [1.807, 2.05) is 0 Å². The first-order valence-corrected chi connectivity index (χ1v) is 5.48. The van der Waals surface area contributed by atoms with Crippen molar-refractivity contribution >= 4 is 42.6 Å². The van der Waals surface area contributed by atoms with Gasteiger partial charge in [-0.3, -0.25) is 0 Å². The third kappa shape index (κ3) is 1.48. The number of benzene rings is 2. The van der Waals surface area contributed by atoms with E-state index >= 15 is 0 Å². The summed E-state index contributed by atoms with van der Waals surface area (Å²) in [5, 5.41) is 20.6. The van der Waals surface area contributed by atoms with Crippen LogP contribution in [-0.2, 0) is 0 Å². The number of phenols is 2. The molecular weight excluding hydrogens is 312 g/mol. The van der Waals surface area contributed by atoms with Gasteiger partial charge in [-0.2, -0.15) is 0 Å². The number of rotatable bonds is 0. The summed E-state index contributed by atoms with van der Waals surface area (Å²) in [4.78, 5) is 0. The molecule has 0 atom stereocenters. The van der Waals surface area contributed by atoms with Gasteiger partial charge in [-0.1, -0.05) is 6.07 Å². The Labute approximate surface area is 97.4 Å². The van der Waals surface area contributed by atoms with Gasteiger partial charge in [-0.25, -0.2) is 0 Å². The number of aromatic hydroxyl groups is 2. The summed E-state index contributed by atoms with van der Waals surface area (Å²) in [5.74, 6) is 0.322. The van der Waals surface area contributed by atoms with Gasteiger partial charge in [0.2, 0.25) is 0 Å². The third-order valence-corrected chi connectivity index (χ3v) is 3.40. The topological polar surface area (TPSA) is 40.5 Å². The standard InChI is InChI=1S/C10H6Br2O2/c11-8-3-5-1-2-6(13)4-7(5)9(12)10(8)14/h1-4,13-14H. The highest BCUT2D eigenvalue weighted by Crippen LogP contribution is 2.39. The van der Waals surface area contributed by atoms with Crippen molar-refractivity contribution < 1.29 is 10.2 Å². The van der Waals surface area contributed by atoms with Gasteiger partial charge in [-0.15, -0.1) is 0 Å². The van der Waals surface area contributed by atoms with Crippen LogP contribution in [-0.4, -0.2) is 10.2 Å². The van der Waals surface area contributed by atoms with Crippen LogP contribution < -0.4 is 0 Å². The average molecular weight is 318 g/mol. The third-order valence-electron chi connectivity index (χ3n) is 1.99. The summed E-state index contributed by atoms with van der Waals surface area (Å²) in [5.41, 5.74) is 0. The molecule has 0 saturated carbocycles. The van der Waals surface area contributed by atoms with E-state index in [0.717, 1.165) is 10.8 Å². The Bertz CT molecular complexity index is 509. The van der Waals surface area contributed by atoms with Crippen LogP contribution in [0.3, 0.4) is 0 Å². The fourth-order valence-electron chi connectivity index (χ4n) is 1.30. The smallest absolute Gasteiger partial charge is 0.144 e. The highest BCUT2D eigenvalue weighted by molar-refractivity contribution is 9.11. The Hall–Kier alpha value is -0.740. The summed E-state index contributed by atoms with van der Waals surface area (Å²) in [6.07, 6.45) is 0. The molecule has 0 aliphatic rings. The first kappa shape index (κ1) is 9.80. The van der Waals surface area contributed by atoms with Crippen molar-refractivity contribution in [3.63, 3.8) is 0 Å². The van der Waals surface area contributed by atoms with Crippen molar-refractivity contribution in [1.82, 2.24) is 0 Å². The van der Waals surface area contributed by atoms with Crippen molar-refractivity contribution in [2.75, 3.05) is 0 Å². The summed E-state index contributed by atoms with van der Waals surface area (Å²) < 4.78 is 1.21. The number of fused-ring (bicyclic) bond motifs is 1. The molecule has 72 valence electrons. The van der Waals surface area contributed by atoms with Crippen LogP contribution in [0.2, 0.25) is 0 Å². The second-order valence-electron chi connectivity index (χ2n) is 2.93. The second kappa shape index (κ2) is 3.44. The molecule has 0 fully saturated rings. The van der Waals surface area contributed by atoms with Gasteiger partial charge in [0.1, 0.15) is 11.5 Å². The lowest BCUT2D eigenvalue weighted by molar-refractivity contribution is 0.469. The largest absolute Gasteiger partial charge is 0.508 e. The molecule has 0 spiro atoms. The van der Waals surface area contributed by atoms with Crippen molar-refractivity contribution in [2.24, 2.45) is 0 Å². The average Bonchev–Trinajstić information content (AvgIpc) is 2.16. The van der Waals surface area contributed by atoms with E-state index in [2.05, 4.69) is 31.9 Å². The molecule has 14 heavy (non-hydrogen) atoms. The van der Waals surface area contributed by atoms with Crippen molar-refractivity contribution in [1.29, 1.82) is 0 Å². The Morgan fingerprint density at radius 1 is 1.00 bits per heavy atom. The highest BCUT2D eigenvalue weighted by Gasteiger charge is 2.08. The fraction of sp³-hybridized carbons (Fsp3) is 0.